The van der Waals surface area contributed by atoms with Gasteiger partial charge in [-0.3, -0.25) is 15.0 Å². The van der Waals surface area contributed by atoms with Crippen LogP contribution in [0.4, 0.5) is 17.3 Å². The van der Waals surface area contributed by atoms with Crippen molar-refractivity contribution in [2.75, 3.05) is 36.5 Å². The van der Waals surface area contributed by atoms with E-state index in [1.54, 1.807) is 0 Å². The zero-order valence-electron chi connectivity index (χ0n) is 11.9. The van der Waals surface area contributed by atoms with E-state index in [2.05, 4.69) is 15.3 Å². The summed E-state index contributed by atoms with van der Waals surface area (Å²) in [4.78, 5) is 19.7. The molecule has 0 aromatic carbocycles. The summed E-state index contributed by atoms with van der Waals surface area (Å²) in [7, 11) is 0. The van der Waals surface area contributed by atoms with Gasteiger partial charge in [0.1, 0.15) is 5.82 Å². The number of nitrogens with zero attached hydrogens (tertiary/aromatic N) is 4. The molecule has 8 nitrogen and oxygen atoms in total. The molecule has 3 heterocycles. The second-order valence-electron chi connectivity index (χ2n) is 5.57. The summed E-state index contributed by atoms with van der Waals surface area (Å²) in [6, 6.07) is 3.46. The lowest BCUT2D eigenvalue weighted by Gasteiger charge is -2.44. The summed E-state index contributed by atoms with van der Waals surface area (Å²) < 4.78 is 0. The monoisotopic (exact) mass is 292 g/mol. The number of piperidine rings is 1. The van der Waals surface area contributed by atoms with Crippen molar-refractivity contribution >= 4 is 17.3 Å². The number of nitro groups is 1. The lowest BCUT2D eigenvalue weighted by molar-refractivity contribution is -0.384. The number of hydrogen-bond donors (Lipinski definition) is 2. The van der Waals surface area contributed by atoms with E-state index in [0.29, 0.717) is 17.7 Å². The normalized spacial score (nSPS) is 22.7. The van der Waals surface area contributed by atoms with E-state index in [9.17, 15) is 10.1 Å². The number of pyridine rings is 1. The minimum absolute atomic E-state index is 0.0401. The van der Waals surface area contributed by atoms with Gasteiger partial charge in [-0.2, -0.15) is 0 Å². The summed E-state index contributed by atoms with van der Waals surface area (Å²) >= 11 is 0. The van der Waals surface area contributed by atoms with Gasteiger partial charge in [0.15, 0.2) is 0 Å². The van der Waals surface area contributed by atoms with Crippen molar-refractivity contribution in [1.82, 2.24) is 9.88 Å². The summed E-state index contributed by atoms with van der Waals surface area (Å²) in [6.07, 6.45) is 3.63. The maximum absolute atomic E-state index is 11.2. The number of nitrogens with two attached hydrogens (primary N) is 1. The van der Waals surface area contributed by atoms with Crippen LogP contribution in [0.1, 0.15) is 19.3 Å². The Balaban J connectivity index is 1.86. The van der Waals surface area contributed by atoms with E-state index in [1.807, 2.05) is 4.90 Å². The van der Waals surface area contributed by atoms with Crippen LogP contribution in [0.5, 0.6) is 0 Å². The van der Waals surface area contributed by atoms with Crippen molar-refractivity contribution in [3.8, 4) is 0 Å². The Kier molecular flexibility index (Phi) is 3.89. The molecule has 1 unspecified atom stereocenters. The highest BCUT2D eigenvalue weighted by Crippen LogP contribution is 2.31. The number of rotatable bonds is 3. The van der Waals surface area contributed by atoms with Gasteiger partial charge in [-0.15, -0.1) is 0 Å². The molecule has 1 aromatic rings. The molecule has 114 valence electrons. The molecule has 21 heavy (non-hydrogen) atoms. The molecule has 0 spiro atoms. The SMILES string of the molecule is NNc1ccc([N+](=O)[O-])c(N2CCN3CCCCC3C2)n1. The molecule has 3 N–H and O–H groups in total. The van der Waals surface area contributed by atoms with Crippen LogP contribution in [-0.4, -0.2) is 47.0 Å². The molecule has 2 aliphatic heterocycles. The fourth-order valence-electron chi connectivity index (χ4n) is 3.24. The number of nitrogens with one attached hydrogen (secondary N) is 1. The third kappa shape index (κ3) is 2.77. The molecule has 0 radical (unpaired) electrons. The van der Waals surface area contributed by atoms with Crippen LogP contribution in [0.15, 0.2) is 12.1 Å². The second kappa shape index (κ2) is 5.82. The Hall–Kier alpha value is -1.93. The zero-order chi connectivity index (χ0) is 14.8. The van der Waals surface area contributed by atoms with Gasteiger partial charge in [-0.05, 0) is 25.5 Å². The van der Waals surface area contributed by atoms with Crippen molar-refractivity contribution in [3.05, 3.63) is 22.2 Å². The van der Waals surface area contributed by atoms with Gasteiger partial charge < -0.3 is 10.3 Å². The predicted octanol–water partition coefficient (Wildman–Crippen LogP) is 0.950. The van der Waals surface area contributed by atoms with Gasteiger partial charge in [0.25, 0.3) is 0 Å². The van der Waals surface area contributed by atoms with Gasteiger partial charge in [-0.1, -0.05) is 6.42 Å². The number of fused-ring (bicyclic) bond motifs is 1. The summed E-state index contributed by atoms with van der Waals surface area (Å²) in [5.41, 5.74) is 2.50. The van der Waals surface area contributed by atoms with Crippen LogP contribution in [-0.2, 0) is 0 Å². The van der Waals surface area contributed by atoms with Crippen LogP contribution in [0, 0.1) is 10.1 Å². The fourth-order valence-corrected chi connectivity index (χ4v) is 3.24. The van der Waals surface area contributed by atoms with Crippen molar-refractivity contribution in [2.45, 2.75) is 25.3 Å². The van der Waals surface area contributed by atoms with E-state index in [4.69, 9.17) is 5.84 Å². The largest absolute Gasteiger partial charge is 0.348 e. The maximum atomic E-state index is 11.2. The molecule has 1 atom stereocenters. The molecule has 2 aliphatic rings. The number of aromatic nitrogens is 1. The van der Waals surface area contributed by atoms with Crippen molar-refractivity contribution < 1.29 is 4.92 Å². The Bertz CT molecular complexity index is 537. The maximum Gasteiger partial charge on any atom is 0.311 e. The average Bonchev–Trinajstić information content (AvgIpc) is 2.53. The zero-order valence-corrected chi connectivity index (χ0v) is 11.9. The summed E-state index contributed by atoms with van der Waals surface area (Å²) in [5, 5.41) is 11.2. The third-order valence-corrected chi connectivity index (χ3v) is 4.34. The lowest BCUT2D eigenvalue weighted by Crippen LogP contribution is -2.55. The molecular weight excluding hydrogens is 272 g/mol. The van der Waals surface area contributed by atoms with Crippen LogP contribution < -0.4 is 16.2 Å². The first kappa shape index (κ1) is 14.0. The molecule has 1 aromatic heterocycles. The minimum Gasteiger partial charge on any atom is -0.348 e. The highest BCUT2D eigenvalue weighted by molar-refractivity contribution is 5.62. The molecule has 0 bridgehead atoms. The average molecular weight is 292 g/mol. The van der Waals surface area contributed by atoms with Crippen LogP contribution in [0.3, 0.4) is 0 Å². The van der Waals surface area contributed by atoms with E-state index in [0.717, 1.165) is 32.6 Å². The number of hydrazine groups is 1. The quantitative estimate of drug-likeness (QED) is 0.486. The molecule has 0 amide bonds. The second-order valence-corrected chi connectivity index (χ2v) is 5.57. The molecule has 0 aliphatic carbocycles. The van der Waals surface area contributed by atoms with E-state index in [-0.39, 0.29) is 10.6 Å². The number of nitrogen functional groups attached to an aromatic ring is 1. The standard InChI is InChI=1S/C13H20N6O2/c14-16-12-5-4-11(19(20)21)13(15-12)18-8-7-17-6-2-1-3-10(17)9-18/h4-5,10H,1-3,6-9,14H2,(H,15,16). The first-order valence-electron chi connectivity index (χ1n) is 7.30. The topological polar surface area (TPSA) is 101 Å². The van der Waals surface area contributed by atoms with Crippen molar-refractivity contribution in [2.24, 2.45) is 5.84 Å². The summed E-state index contributed by atoms with van der Waals surface area (Å²) in [5.74, 6) is 6.23. The Morgan fingerprint density at radius 2 is 2.19 bits per heavy atom. The number of anilines is 2. The van der Waals surface area contributed by atoms with Gasteiger partial charge >= 0.3 is 5.69 Å². The molecule has 2 saturated heterocycles. The molecule has 3 rings (SSSR count). The fraction of sp³-hybridized carbons (Fsp3) is 0.615. The van der Waals surface area contributed by atoms with Crippen molar-refractivity contribution in [3.63, 3.8) is 0 Å². The number of piperazine rings is 1. The molecule has 2 fully saturated rings. The Morgan fingerprint density at radius 3 is 2.95 bits per heavy atom. The molecule has 8 heteroatoms. The smallest absolute Gasteiger partial charge is 0.311 e. The lowest BCUT2D eigenvalue weighted by atomic mass is 9.99. The molecular formula is C13H20N6O2. The van der Waals surface area contributed by atoms with E-state index >= 15 is 0 Å². The van der Waals surface area contributed by atoms with Crippen molar-refractivity contribution in [1.29, 1.82) is 0 Å². The van der Waals surface area contributed by atoms with Gasteiger partial charge in [0.05, 0.1) is 4.92 Å². The van der Waals surface area contributed by atoms with Gasteiger partial charge in [0, 0.05) is 31.7 Å². The van der Waals surface area contributed by atoms with Gasteiger partial charge in [0.2, 0.25) is 5.82 Å². The first-order valence-corrected chi connectivity index (χ1v) is 7.30. The van der Waals surface area contributed by atoms with Crippen LogP contribution in [0.2, 0.25) is 0 Å². The highest BCUT2D eigenvalue weighted by atomic mass is 16.6. The Labute approximate surface area is 123 Å². The third-order valence-electron chi connectivity index (χ3n) is 4.34. The Morgan fingerprint density at radius 1 is 1.33 bits per heavy atom. The van der Waals surface area contributed by atoms with Crippen LogP contribution >= 0.6 is 0 Å². The first-order chi connectivity index (χ1) is 10.2. The summed E-state index contributed by atoms with van der Waals surface area (Å²) in [6.45, 7) is 3.63. The van der Waals surface area contributed by atoms with E-state index in [1.165, 1.54) is 25.0 Å². The van der Waals surface area contributed by atoms with E-state index < -0.39 is 0 Å². The van der Waals surface area contributed by atoms with Crippen LogP contribution in [0.25, 0.3) is 0 Å². The minimum atomic E-state index is -0.379. The molecule has 0 saturated carbocycles. The highest BCUT2D eigenvalue weighted by Gasteiger charge is 2.32. The van der Waals surface area contributed by atoms with Gasteiger partial charge in [-0.25, -0.2) is 10.8 Å². The number of hydrogen-bond acceptors (Lipinski definition) is 7. The predicted molar refractivity (Wildman–Crippen MR) is 80.1 cm³/mol.